The normalized spacial score (nSPS) is 10.9. The molecule has 0 aliphatic rings. The van der Waals surface area contributed by atoms with Crippen LogP contribution < -0.4 is 4.74 Å². The molecule has 3 aromatic rings. The molecule has 0 atom stereocenters. The first kappa shape index (κ1) is 13.3. The zero-order chi connectivity index (χ0) is 14.1. The molecule has 1 aromatic heterocycles. The van der Waals surface area contributed by atoms with E-state index in [1.165, 1.54) is 0 Å². The van der Waals surface area contributed by atoms with Gasteiger partial charge in [-0.1, -0.05) is 41.4 Å². The fourth-order valence-electron chi connectivity index (χ4n) is 2.32. The van der Waals surface area contributed by atoms with Crippen molar-refractivity contribution in [1.82, 2.24) is 4.57 Å². The van der Waals surface area contributed by atoms with Crippen LogP contribution in [0, 0.1) is 0 Å². The lowest BCUT2D eigenvalue weighted by Gasteiger charge is -2.07. The summed E-state index contributed by atoms with van der Waals surface area (Å²) in [4.78, 5) is 0. The average molecular weight is 306 g/mol. The summed E-state index contributed by atoms with van der Waals surface area (Å²) in [6.07, 6.45) is 2.04. The van der Waals surface area contributed by atoms with E-state index in [1.807, 2.05) is 60.3 Å². The van der Waals surface area contributed by atoms with Crippen molar-refractivity contribution in [3.8, 4) is 5.75 Å². The summed E-state index contributed by atoms with van der Waals surface area (Å²) in [5, 5.41) is 2.38. The monoisotopic (exact) mass is 305 g/mol. The van der Waals surface area contributed by atoms with Crippen molar-refractivity contribution in [2.75, 3.05) is 0 Å². The van der Waals surface area contributed by atoms with E-state index in [1.54, 1.807) is 0 Å². The summed E-state index contributed by atoms with van der Waals surface area (Å²) in [7, 11) is 2.00. The first-order chi connectivity index (χ1) is 9.66. The lowest BCUT2D eigenvalue weighted by atomic mass is 10.2. The third-order valence-electron chi connectivity index (χ3n) is 3.26. The highest BCUT2D eigenvalue weighted by Gasteiger charge is 2.11. The minimum atomic E-state index is 0.435. The molecule has 3 rings (SSSR count). The van der Waals surface area contributed by atoms with Crippen molar-refractivity contribution < 1.29 is 4.74 Å². The van der Waals surface area contributed by atoms with Gasteiger partial charge in [-0.25, -0.2) is 0 Å². The molecule has 20 heavy (non-hydrogen) atoms. The molecule has 102 valence electrons. The van der Waals surface area contributed by atoms with Gasteiger partial charge < -0.3 is 9.30 Å². The highest BCUT2D eigenvalue weighted by Crippen LogP contribution is 2.30. The number of ether oxygens (including phenoxy) is 1. The van der Waals surface area contributed by atoms with Crippen LogP contribution in [0.2, 0.25) is 10.0 Å². The van der Waals surface area contributed by atoms with Crippen LogP contribution in [0.5, 0.6) is 5.75 Å². The van der Waals surface area contributed by atoms with Gasteiger partial charge >= 0.3 is 0 Å². The summed E-state index contributed by atoms with van der Waals surface area (Å²) >= 11 is 12.4. The molecule has 0 unspecified atom stereocenters. The van der Waals surface area contributed by atoms with Crippen LogP contribution in [-0.4, -0.2) is 4.57 Å². The maximum absolute atomic E-state index is 6.29. The molecule has 0 saturated carbocycles. The van der Waals surface area contributed by atoms with Crippen molar-refractivity contribution in [3.63, 3.8) is 0 Å². The zero-order valence-corrected chi connectivity index (χ0v) is 12.4. The van der Waals surface area contributed by atoms with E-state index in [0.717, 1.165) is 21.5 Å². The lowest BCUT2D eigenvalue weighted by molar-refractivity contribution is 0.307. The van der Waals surface area contributed by atoms with Crippen LogP contribution in [0.15, 0.2) is 48.7 Å². The van der Waals surface area contributed by atoms with Crippen LogP contribution in [0.25, 0.3) is 10.9 Å². The maximum atomic E-state index is 6.29. The number of fused-ring (bicyclic) bond motifs is 1. The number of hydrogen-bond donors (Lipinski definition) is 0. The van der Waals surface area contributed by atoms with Gasteiger partial charge in [0.05, 0.1) is 10.0 Å². The quantitative estimate of drug-likeness (QED) is 0.659. The average Bonchev–Trinajstić information content (AvgIpc) is 2.76. The molecule has 0 N–H and O–H groups in total. The number of nitrogens with zero attached hydrogens (tertiary/aromatic N) is 1. The summed E-state index contributed by atoms with van der Waals surface area (Å²) in [6, 6.07) is 13.3. The second kappa shape index (κ2) is 5.39. The van der Waals surface area contributed by atoms with E-state index in [0.29, 0.717) is 17.4 Å². The summed E-state index contributed by atoms with van der Waals surface area (Å²) in [5.41, 5.74) is 2.14. The smallest absolute Gasteiger partial charge is 0.138 e. The summed E-state index contributed by atoms with van der Waals surface area (Å²) < 4.78 is 7.84. The van der Waals surface area contributed by atoms with E-state index in [9.17, 15) is 0 Å². The van der Waals surface area contributed by atoms with Gasteiger partial charge in [-0.3, -0.25) is 0 Å². The molecule has 0 fully saturated rings. The van der Waals surface area contributed by atoms with Crippen molar-refractivity contribution in [3.05, 3.63) is 64.3 Å². The number of aryl methyl sites for hydroxylation is 1. The van der Waals surface area contributed by atoms with Gasteiger partial charge in [0.25, 0.3) is 0 Å². The van der Waals surface area contributed by atoms with E-state index in [4.69, 9.17) is 27.9 Å². The Kier molecular flexibility index (Phi) is 3.60. The Hall–Kier alpha value is -1.64. The summed E-state index contributed by atoms with van der Waals surface area (Å²) in [5.74, 6) is 0.679. The van der Waals surface area contributed by atoms with E-state index < -0.39 is 0 Å². The zero-order valence-electron chi connectivity index (χ0n) is 10.9. The highest BCUT2D eigenvalue weighted by atomic mass is 35.5. The molecule has 0 aliphatic carbocycles. The standard InChI is InChI=1S/C16H13Cl2NO/c1-19-9-11(16-13(18)6-4-7-14(16)19)10-20-15-8-3-2-5-12(15)17/h2-9H,10H2,1H3. The van der Waals surface area contributed by atoms with Crippen LogP contribution in [0.4, 0.5) is 0 Å². The summed E-state index contributed by atoms with van der Waals surface area (Å²) in [6.45, 7) is 0.435. The number of halogens is 2. The van der Waals surface area contributed by atoms with Crippen molar-refractivity contribution >= 4 is 34.1 Å². The molecule has 2 aromatic carbocycles. The van der Waals surface area contributed by atoms with Crippen molar-refractivity contribution in [1.29, 1.82) is 0 Å². The molecular formula is C16H13Cl2NO. The molecule has 4 heteroatoms. The molecule has 2 nitrogen and oxygen atoms in total. The largest absolute Gasteiger partial charge is 0.487 e. The van der Waals surface area contributed by atoms with Crippen molar-refractivity contribution in [2.24, 2.45) is 7.05 Å². The molecule has 0 bridgehead atoms. The molecule has 0 aliphatic heterocycles. The second-order valence-electron chi connectivity index (χ2n) is 4.62. The minimum absolute atomic E-state index is 0.435. The van der Waals surface area contributed by atoms with Crippen LogP contribution in [0.3, 0.4) is 0 Å². The third kappa shape index (κ3) is 2.37. The number of hydrogen-bond acceptors (Lipinski definition) is 1. The minimum Gasteiger partial charge on any atom is -0.487 e. The fourth-order valence-corrected chi connectivity index (χ4v) is 2.80. The predicted octanol–water partition coefficient (Wildman–Crippen LogP) is 5.06. The molecule has 0 saturated heterocycles. The Morgan fingerprint density at radius 2 is 1.75 bits per heavy atom. The van der Waals surface area contributed by atoms with Crippen molar-refractivity contribution in [2.45, 2.75) is 6.61 Å². The Balaban J connectivity index is 1.94. The number of para-hydroxylation sites is 1. The molecule has 0 spiro atoms. The van der Waals surface area contributed by atoms with Crippen LogP contribution >= 0.6 is 23.2 Å². The maximum Gasteiger partial charge on any atom is 0.138 e. The first-order valence-corrected chi connectivity index (χ1v) is 7.02. The first-order valence-electron chi connectivity index (χ1n) is 6.26. The van der Waals surface area contributed by atoms with Gasteiger partial charge in [0.15, 0.2) is 0 Å². The highest BCUT2D eigenvalue weighted by molar-refractivity contribution is 6.35. The Morgan fingerprint density at radius 1 is 1.00 bits per heavy atom. The topological polar surface area (TPSA) is 14.2 Å². The SMILES string of the molecule is Cn1cc(COc2ccccc2Cl)c2c(Cl)cccc21. The Bertz CT molecular complexity index is 764. The Morgan fingerprint density at radius 3 is 2.55 bits per heavy atom. The van der Waals surface area contributed by atoms with Gasteiger partial charge in [0.1, 0.15) is 12.4 Å². The van der Waals surface area contributed by atoms with Gasteiger partial charge in [-0.05, 0) is 24.3 Å². The Labute approximate surface area is 127 Å². The van der Waals surface area contributed by atoms with Gasteiger partial charge in [-0.15, -0.1) is 0 Å². The number of rotatable bonds is 3. The van der Waals surface area contributed by atoms with Gasteiger partial charge in [0.2, 0.25) is 0 Å². The van der Waals surface area contributed by atoms with Crippen LogP contribution in [-0.2, 0) is 13.7 Å². The molecule has 1 heterocycles. The fraction of sp³-hybridized carbons (Fsp3) is 0.125. The van der Waals surface area contributed by atoms with Crippen LogP contribution in [0.1, 0.15) is 5.56 Å². The van der Waals surface area contributed by atoms with E-state index in [-0.39, 0.29) is 0 Å². The van der Waals surface area contributed by atoms with Gasteiger partial charge in [0, 0.05) is 29.7 Å². The van der Waals surface area contributed by atoms with Gasteiger partial charge in [-0.2, -0.15) is 0 Å². The number of benzene rings is 2. The van der Waals surface area contributed by atoms with E-state index in [2.05, 4.69) is 0 Å². The molecule has 0 amide bonds. The third-order valence-corrected chi connectivity index (χ3v) is 3.89. The lowest BCUT2D eigenvalue weighted by Crippen LogP contribution is -1.95. The number of aromatic nitrogens is 1. The second-order valence-corrected chi connectivity index (χ2v) is 5.43. The van der Waals surface area contributed by atoms with E-state index >= 15 is 0 Å². The molecule has 0 radical (unpaired) electrons. The predicted molar refractivity (Wildman–Crippen MR) is 83.7 cm³/mol. The molecular weight excluding hydrogens is 293 g/mol.